The van der Waals surface area contributed by atoms with Crippen molar-refractivity contribution in [2.24, 2.45) is 0 Å². The van der Waals surface area contributed by atoms with E-state index >= 15 is 0 Å². The number of aromatic nitrogens is 1. The third-order valence-corrected chi connectivity index (χ3v) is 3.94. The minimum absolute atomic E-state index is 0.151. The summed E-state index contributed by atoms with van der Waals surface area (Å²) in [5.41, 5.74) is 0.723. The Labute approximate surface area is 112 Å². The van der Waals surface area contributed by atoms with Crippen LogP contribution in [-0.2, 0) is 9.84 Å². The van der Waals surface area contributed by atoms with Gasteiger partial charge in [0.1, 0.15) is 10.6 Å². The maximum absolute atomic E-state index is 12.2. The Morgan fingerprint density at radius 1 is 1.16 bits per heavy atom. The smallest absolute Gasteiger partial charge is 0.203 e. The van der Waals surface area contributed by atoms with E-state index in [2.05, 4.69) is 4.98 Å². The summed E-state index contributed by atoms with van der Waals surface area (Å²) in [6, 6.07) is 10.0. The van der Waals surface area contributed by atoms with Crippen LogP contribution in [0.25, 0.3) is 6.08 Å². The Morgan fingerprint density at radius 3 is 2.63 bits per heavy atom. The van der Waals surface area contributed by atoms with E-state index < -0.39 is 9.84 Å². The molecule has 0 radical (unpaired) electrons. The van der Waals surface area contributed by atoms with Gasteiger partial charge in [0.05, 0.1) is 7.11 Å². The van der Waals surface area contributed by atoms with Crippen LogP contribution >= 0.6 is 0 Å². The second-order valence-corrected chi connectivity index (χ2v) is 5.59. The molecule has 0 aliphatic heterocycles. The van der Waals surface area contributed by atoms with Crippen LogP contribution in [0.3, 0.4) is 0 Å². The summed E-state index contributed by atoms with van der Waals surface area (Å²) in [6.45, 7) is 0. The van der Waals surface area contributed by atoms with Crippen molar-refractivity contribution in [2.75, 3.05) is 7.11 Å². The lowest BCUT2D eigenvalue weighted by Crippen LogP contribution is -1.99. The van der Waals surface area contributed by atoms with Gasteiger partial charge in [-0.3, -0.25) is 4.98 Å². The predicted molar refractivity (Wildman–Crippen MR) is 73.5 cm³/mol. The van der Waals surface area contributed by atoms with Crippen molar-refractivity contribution in [3.63, 3.8) is 0 Å². The number of hydrogen-bond acceptors (Lipinski definition) is 4. The fourth-order valence-electron chi connectivity index (χ4n) is 1.57. The molecule has 0 fully saturated rings. The van der Waals surface area contributed by atoms with E-state index in [1.807, 2.05) is 0 Å². The molecule has 0 aliphatic carbocycles. The average Bonchev–Trinajstić information content (AvgIpc) is 2.46. The molecule has 0 atom stereocenters. The summed E-state index contributed by atoms with van der Waals surface area (Å²) in [4.78, 5) is 4.07. The van der Waals surface area contributed by atoms with Gasteiger partial charge in [0.15, 0.2) is 0 Å². The number of ether oxygens (including phenoxy) is 1. The minimum Gasteiger partial charge on any atom is -0.495 e. The number of para-hydroxylation sites is 1. The van der Waals surface area contributed by atoms with Crippen LogP contribution in [0.5, 0.6) is 5.75 Å². The Bertz CT molecular complexity index is 679. The Morgan fingerprint density at radius 2 is 1.95 bits per heavy atom. The van der Waals surface area contributed by atoms with Crippen LogP contribution in [0, 0.1) is 0 Å². The molecule has 4 nitrogen and oxygen atoms in total. The molecular weight excluding hydrogens is 262 g/mol. The molecule has 0 amide bonds. The summed E-state index contributed by atoms with van der Waals surface area (Å²) < 4.78 is 29.5. The maximum atomic E-state index is 12.2. The normalized spacial score (nSPS) is 11.6. The number of rotatable bonds is 4. The van der Waals surface area contributed by atoms with Crippen molar-refractivity contribution in [2.45, 2.75) is 4.90 Å². The molecule has 98 valence electrons. The van der Waals surface area contributed by atoms with Crippen molar-refractivity contribution < 1.29 is 13.2 Å². The van der Waals surface area contributed by atoms with Gasteiger partial charge in [0, 0.05) is 17.8 Å². The molecule has 0 unspecified atom stereocenters. The molecule has 0 aliphatic rings. The van der Waals surface area contributed by atoms with Gasteiger partial charge in [-0.2, -0.15) is 0 Å². The summed E-state index contributed by atoms with van der Waals surface area (Å²) >= 11 is 0. The van der Waals surface area contributed by atoms with Crippen LogP contribution < -0.4 is 4.74 Å². The SMILES string of the molecule is COc1ccccc1S(=O)(=O)/C=C/c1cccnc1. The maximum Gasteiger partial charge on any atom is 0.203 e. The van der Waals surface area contributed by atoms with Gasteiger partial charge in [-0.25, -0.2) is 8.42 Å². The zero-order chi connectivity index (χ0) is 13.7. The van der Waals surface area contributed by atoms with Gasteiger partial charge in [-0.05, 0) is 29.8 Å². The zero-order valence-electron chi connectivity index (χ0n) is 10.4. The summed E-state index contributed by atoms with van der Waals surface area (Å²) in [6.07, 6.45) is 4.73. The van der Waals surface area contributed by atoms with Crippen molar-refractivity contribution >= 4 is 15.9 Å². The number of methoxy groups -OCH3 is 1. The fourth-order valence-corrected chi connectivity index (χ4v) is 2.75. The molecule has 1 heterocycles. The van der Waals surface area contributed by atoms with E-state index in [0.29, 0.717) is 5.75 Å². The first-order valence-corrected chi connectivity index (χ1v) is 7.14. The first kappa shape index (κ1) is 13.3. The van der Waals surface area contributed by atoms with E-state index in [1.165, 1.54) is 19.3 Å². The van der Waals surface area contributed by atoms with E-state index in [4.69, 9.17) is 4.74 Å². The second-order valence-electron chi connectivity index (χ2n) is 3.78. The number of hydrogen-bond donors (Lipinski definition) is 0. The van der Waals surface area contributed by atoms with Crippen molar-refractivity contribution in [1.29, 1.82) is 0 Å². The van der Waals surface area contributed by atoms with E-state index in [0.717, 1.165) is 11.0 Å². The highest BCUT2D eigenvalue weighted by Crippen LogP contribution is 2.24. The Kier molecular flexibility index (Phi) is 3.97. The highest BCUT2D eigenvalue weighted by molar-refractivity contribution is 7.94. The van der Waals surface area contributed by atoms with Crippen molar-refractivity contribution in [3.05, 3.63) is 59.8 Å². The molecule has 0 bridgehead atoms. The molecule has 1 aromatic heterocycles. The molecule has 19 heavy (non-hydrogen) atoms. The fraction of sp³-hybridized carbons (Fsp3) is 0.0714. The van der Waals surface area contributed by atoms with Crippen molar-refractivity contribution in [1.82, 2.24) is 4.98 Å². The van der Waals surface area contributed by atoms with E-state index in [9.17, 15) is 8.42 Å². The number of sulfone groups is 1. The van der Waals surface area contributed by atoms with Crippen LogP contribution in [-0.4, -0.2) is 20.5 Å². The Balaban J connectivity index is 2.36. The first-order chi connectivity index (χ1) is 9.13. The van der Waals surface area contributed by atoms with Gasteiger partial charge >= 0.3 is 0 Å². The number of pyridine rings is 1. The molecule has 0 N–H and O–H groups in total. The first-order valence-electron chi connectivity index (χ1n) is 5.60. The van der Waals surface area contributed by atoms with Gasteiger partial charge in [-0.15, -0.1) is 0 Å². The van der Waals surface area contributed by atoms with Crippen LogP contribution in [0.2, 0.25) is 0 Å². The standard InChI is InChI=1S/C14H13NO3S/c1-18-13-6-2-3-7-14(13)19(16,17)10-8-12-5-4-9-15-11-12/h2-11H,1H3/b10-8+. The lowest BCUT2D eigenvalue weighted by molar-refractivity contribution is 0.403. The highest BCUT2D eigenvalue weighted by Gasteiger charge is 2.15. The topological polar surface area (TPSA) is 56.3 Å². The quantitative estimate of drug-likeness (QED) is 0.860. The molecule has 5 heteroatoms. The van der Waals surface area contributed by atoms with Gasteiger partial charge in [0.25, 0.3) is 0 Å². The average molecular weight is 275 g/mol. The largest absolute Gasteiger partial charge is 0.495 e. The monoisotopic (exact) mass is 275 g/mol. The van der Waals surface area contributed by atoms with Crippen LogP contribution in [0.1, 0.15) is 5.56 Å². The van der Waals surface area contributed by atoms with E-state index in [1.54, 1.807) is 42.7 Å². The van der Waals surface area contributed by atoms with Gasteiger partial charge in [0.2, 0.25) is 9.84 Å². The molecule has 0 saturated heterocycles. The van der Waals surface area contributed by atoms with Gasteiger partial charge < -0.3 is 4.74 Å². The zero-order valence-corrected chi connectivity index (χ0v) is 11.2. The third-order valence-electron chi connectivity index (χ3n) is 2.50. The molecule has 2 aromatic rings. The third kappa shape index (κ3) is 3.20. The lowest BCUT2D eigenvalue weighted by Gasteiger charge is -2.05. The second kappa shape index (κ2) is 5.67. The molecular formula is C14H13NO3S. The van der Waals surface area contributed by atoms with Gasteiger partial charge in [-0.1, -0.05) is 18.2 Å². The molecule has 1 aromatic carbocycles. The summed E-state index contributed by atoms with van der Waals surface area (Å²) in [5.74, 6) is 0.332. The van der Waals surface area contributed by atoms with Crippen LogP contribution in [0.4, 0.5) is 0 Å². The number of benzene rings is 1. The summed E-state index contributed by atoms with van der Waals surface area (Å²) in [5, 5.41) is 1.15. The number of nitrogens with zero attached hydrogens (tertiary/aromatic N) is 1. The summed E-state index contributed by atoms with van der Waals surface area (Å²) in [7, 11) is -2.09. The predicted octanol–water partition coefficient (Wildman–Crippen LogP) is 2.53. The minimum atomic E-state index is -3.53. The lowest BCUT2D eigenvalue weighted by atomic mass is 10.3. The van der Waals surface area contributed by atoms with Crippen LogP contribution in [0.15, 0.2) is 59.1 Å². The highest BCUT2D eigenvalue weighted by atomic mass is 32.2. The Hall–Kier alpha value is -2.14. The molecule has 0 saturated carbocycles. The molecule has 2 rings (SSSR count). The molecule has 0 spiro atoms. The van der Waals surface area contributed by atoms with E-state index in [-0.39, 0.29) is 4.90 Å². The van der Waals surface area contributed by atoms with Crippen molar-refractivity contribution in [3.8, 4) is 5.75 Å².